The number of nitrogens with one attached hydrogen (secondary N) is 1. The number of rotatable bonds is 4. The zero-order valence-corrected chi connectivity index (χ0v) is 9.82. The first kappa shape index (κ1) is 11.9. The summed E-state index contributed by atoms with van der Waals surface area (Å²) in [4.78, 5) is 13.0. The van der Waals surface area contributed by atoms with Crippen molar-refractivity contribution in [2.75, 3.05) is 19.6 Å². The first-order valence-electron chi connectivity index (χ1n) is 6.45. The molecule has 1 aliphatic carbocycles. The highest BCUT2D eigenvalue weighted by atomic mass is 16.4. The van der Waals surface area contributed by atoms with Gasteiger partial charge >= 0.3 is 5.97 Å². The number of carboxylic acids is 1. The molecule has 1 atom stereocenters. The minimum absolute atomic E-state index is 0.100. The predicted molar refractivity (Wildman–Crippen MR) is 62.5 cm³/mol. The van der Waals surface area contributed by atoms with Gasteiger partial charge in [-0.15, -0.1) is 0 Å². The van der Waals surface area contributed by atoms with Crippen molar-refractivity contribution in [3.8, 4) is 0 Å². The maximum atomic E-state index is 10.5. The highest BCUT2D eigenvalue weighted by molar-refractivity contribution is 5.69. The third-order valence-electron chi connectivity index (χ3n) is 3.85. The summed E-state index contributed by atoms with van der Waals surface area (Å²) in [5.74, 6) is -0.754. The Morgan fingerprint density at radius 1 is 1.25 bits per heavy atom. The van der Waals surface area contributed by atoms with Crippen LogP contribution in [0.15, 0.2) is 0 Å². The van der Waals surface area contributed by atoms with E-state index in [2.05, 4.69) is 10.2 Å². The Bertz CT molecular complexity index is 239. The van der Waals surface area contributed by atoms with Crippen LogP contribution in [0.5, 0.6) is 0 Å². The maximum absolute atomic E-state index is 10.5. The molecule has 2 rings (SSSR count). The molecule has 0 aromatic carbocycles. The van der Waals surface area contributed by atoms with E-state index in [0.29, 0.717) is 6.04 Å². The van der Waals surface area contributed by atoms with Crippen LogP contribution in [0.2, 0.25) is 0 Å². The minimum atomic E-state index is -0.754. The van der Waals surface area contributed by atoms with E-state index in [9.17, 15) is 4.79 Å². The van der Waals surface area contributed by atoms with E-state index < -0.39 is 5.97 Å². The standard InChI is InChI=1S/C12H22N2O2/c15-12(16)8-13-10-6-7-14(9-10)11-4-2-1-3-5-11/h10-11,13H,1-9H2,(H,15,16). The molecule has 2 aliphatic rings. The molecule has 0 spiro atoms. The largest absolute Gasteiger partial charge is 0.480 e. The summed E-state index contributed by atoms with van der Waals surface area (Å²) in [6.45, 7) is 2.28. The van der Waals surface area contributed by atoms with Crippen LogP contribution in [0.25, 0.3) is 0 Å². The van der Waals surface area contributed by atoms with E-state index in [-0.39, 0.29) is 6.54 Å². The molecule has 4 heteroatoms. The van der Waals surface area contributed by atoms with Crippen LogP contribution in [-0.4, -0.2) is 47.7 Å². The van der Waals surface area contributed by atoms with Crippen molar-refractivity contribution in [2.45, 2.75) is 50.6 Å². The monoisotopic (exact) mass is 226 g/mol. The Morgan fingerprint density at radius 3 is 2.69 bits per heavy atom. The van der Waals surface area contributed by atoms with Gasteiger partial charge in [0.1, 0.15) is 0 Å². The summed E-state index contributed by atoms with van der Waals surface area (Å²) in [6, 6.07) is 1.16. The van der Waals surface area contributed by atoms with Crippen molar-refractivity contribution in [3.63, 3.8) is 0 Å². The third kappa shape index (κ3) is 3.19. The lowest BCUT2D eigenvalue weighted by Crippen LogP contribution is -2.39. The van der Waals surface area contributed by atoms with Gasteiger partial charge in [0, 0.05) is 25.2 Å². The number of likely N-dealkylation sites (tertiary alicyclic amines) is 1. The Hall–Kier alpha value is -0.610. The van der Waals surface area contributed by atoms with Gasteiger partial charge in [0.05, 0.1) is 6.54 Å². The van der Waals surface area contributed by atoms with Crippen molar-refractivity contribution in [1.82, 2.24) is 10.2 Å². The number of carbonyl (C=O) groups is 1. The average Bonchev–Trinajstić information content (AvgIpc) is 2.76. The zero-order valence-electron chi connectivity index (χ0n) is 9.82. The molecular formula is C12H22N2O2. The fourth-order valence-corrected chi connectivity index (χ4v) is 2.96. The third-order valence-corrected chi connectivity index (χ3v) is 3.85. The molecule has 92 valence electrons. The lowest BCUT2D eigenvalue weighted by molar-refractivity contribution is -0.136. The van der Waals surface area contributed by atoms with Crippen LogP contribution < -0.4 is 5.32 Å². The highest BCUT2D eigenvalue weighted by Gasteiger charge is 2.28. The molecule has 0 aromatic heterocycles. The van der Waals surface area contributed by atoms with E-state index in [1.807, 2.05) is 0 Å². The SMILES string of the molecule is O=C(O)CNC1CCN(C2CCCCC2)C1. The molecule has 0 radical (unpaired) electrons. The summed E-state index contributed by atoms with van der Waals surface area (Å²) in [5.41, 5.74) is 0. The van der Waals surface area contributed by atoms with Crippen LogP contribution >= 0.6 is 0 Å². The molecule has 2 fully saturated rings. The van der Waals surface area contributed by atoms with Crippen molar-refractivity contribution in [1.29, 1.82) is 0 Å². The fraction of sp³-hybridized carbons (Fsp3) is 0.917. The summed E-state index contributed by atoms with van der Waals surface area (Å²) in [7, 11) is 0. The van der Waals surface area contributed by atoms with E-state index in [0.717, 1.165) is 25.6 Å². The van der Waals surface area contributed by atoms with Crippen LogP contribution in [-0.2, 0) is 4.79 Å². The summed E-state index contributed by atoms with van der Waals surface area (Å²) < 4.78 is 0. The van der Waals surface area contributed by atoms with E-state index >= 15 is 0 Å². The summed E-state index contributed by atoms with van der Waals surface area (Å²) >= 11 is 0. The first-order chi connectivity index (χ1) is 7.75. The Balaban J connectivity index is 1.72. The van der Waals surface area contributed by atoms with Crippen LogP contribution in [0.3, 0.4) is 0 Å². The molecule has 0 amide bonds. The second-order valence-corrected chi connectivity index (χ2v) is 5.05. The topological polar surface area (TPSA) is 52.6 Å². The first-order valence-corrected chi connectivity index (χ1v) is 6.45. The highest BCUT2D eigenvalue weighted by Crippen LogP contribution is 2.25. The molecular weight excluding hydrogens is 204 g/mol. The van der Waals surface area contributed by atoms with Crippen molar-refractivity contribution in [3.05, 3.63) is 0 Å². The lowest BCUT2D eigenvalue weighted by atomic mass is 9.94. The predicted octanol–water partition coefficient (Wildman–Crippen LogP) is 1.07. The van der Waals surface area contributed by atoms with Gasteiger partial charge in [0.2, 0.25) is 0 Å². The number of hydrogen-bond donors (Lipinski definition) is 2. The van der Waals surface area contributed by atoms with Crippen molar-refractivity contribution >= 4 is 5.97 Å². The molecule has 0 bridgehead atoms. The second-order valence-electron chi connectivity index (χ2n) is 5.05. The lowest BCUT2D eigenvalue weighted by Gasteiger charge is -2.31. The molecule has 2 N–H and O–H groups in total. The zero-order chi connectivity index (χ0) is 11.4. The van der Waals surface area contributed by atoms with Crippen LogP contribution in [0, 0.1) is 0 Å². The fourth-order valence-electron chi connectivity index (χ4n) is 2.96. The number of aliphatic carboxylic acids is 1. The quantitative estimate of drug-likeness (QED) is 0.753. The van der Waals surface area contributed by atoms with Gasteiger partial charge < -0.3 is 10.4 Å². The number of hydrogen-bond acceptors (Lipinski definition) is 3. The Morgan fingerprint density at radius 2 is 2.00 bits per heavy atom. The van der Waals surface area contributed by atoms with E-state index in [4.69, 9.17) is 5.11 Å². The molecule has 4 nitrogen and oxygen atoms in total. The summed E-state index contributed by atoms with van der Waals surface area (Å²) in [6.07, 6.45) is 7.91. The van der Waals surface area contributed by atoms with Crippen molar-refractivity contribution < 1.29 is 9.90 Å². The minimum Gasteiger partial charge on any atom is -0.480 e. The number of nitrogens with zero attached hydrogens (tertiary/aromatic N) is 1. The molecule has 1 saturated heterocycles. The van der Waals surface area contributed by atoms with Gasteiger partial charge in [-0.3, -0.25) is 9.69 Å². The van der Waals surface area contributed by atoms with E-state index in [1.165, 1.54) is 32.1 Å². The maximum Gasteiger partial charge on any atom is 0.317 e. The Labute approximate surface area is 97.0 Å². The smallest absolute Gasteiger partial charge is 0.317 e. The average molecular weight is 226 g/mol. The second kappa shape index (κ2) is 5.64. The molecule has 1 unspecified atom stereocenters. The van der Waals surface area contributed by atoms with E-state index in [1.54, 1.807) is 0 Å². The van der Waals surface area contributed by atoms with Crippen molar-refractivity contribution in [2.24, 2.45) is 0 Å². The molecule has 1 saturated carbocycles. The normalized spacial score (nSPS) is 28.4. The number of carboxylic acid groups (broad SMARTS) is 1. The van der Waals surface area contributed by atoms with Crippen LogP contribution in [0.1, 0.15) is 38.5 Å². The van der Waals surface area contributed by atoms with Gasteiger partial charge in [-0.2, -0.15) is 0 Å². The van der Waals surface area contributed by atoms with Gasteiger partial charge in [-0.25, -0.2) is 0 Å². The molecule has 1 heterocycles. The summed E-state index contributed by atoms with van der Waals surface area (Å²) in [5, 5.41) is 11.7. The molecule has 1 aliphatic heterocycles. The molecule has 16 heavy (non-hydrogen) atoms. The van der Waals surface area contributed by atoms with Gasteiger partial charge in [-0.1, -0.05) is 19.3 Å². The van der Waals surface area contributed by atoms with Gasteiger partial charge in [-0.05, 0) is 19.3 Å². The Kier molecular flexibility index (Phi) is 4.18. The molecule has 0 aromatic rings. The van der Waals surface area contributed by atoms with Crippen LogP contribution in [0.4, 0.5) is 0 Å². The van der Waals surface area contributed by atoms with Gasteiger partial charge in [0.25, 0.3) is 0 Å². The van der Waals surface area contributed by atoms with Gasteiger partial charge in [0.15, 0.2) is 0 Å².